The van der Waals surface area contributed by atoms with E-state index in [1.165, 1.54) is 0 Å². The van der Waals surface area contributed by atoms with Crippen LogP contribution in [-0.4, -0.2) is 56.6 Å². The zero-order valence-electron chi connectivity index (χ0n) is 28.9. The van der Waals surface area contributed by atoms with Crippen molar-refractivity contribution in [3.05, 3.63) is 107 Å². The second-order valence-corrected chi connectivity index (χ2v) is 13.4. The van der Waals surface area contributed by atoms with Gasteiger partial charge in [-0.3, -0.25) is 9.59 Å². The Bertz CT molecular complexity index is 2400. The number of methoxy groups -OCH3 is 3. The summed E-state index contributed by atoms with van der Waals surface area (Å²) in [6.45, 7) is 2.22. The summed E-state index contributed by atoms with van der Waals surface area (Å²) < 4.78 is 34.4. The number of cyclic esters (lactones) is 1. The molecule has 1 saturated heterocycles. The molecule has 1 aliphatic carbocycles. The van der Waals surface area contributed by atoms with Crippen molar-refractivity contribution in [2.45, 2.75) is 18.9 Å². The Morgan fingerprint density at radius 1 is 0.846 bits per heavy atom. The number of nitrogens with one attached hydrogen (secondary N) is 2. The van der Waals surface area contributed by atoms with Gasteiger partial charge in [-0.15, -0.1) is 0 Å². The molecule has 0 spiro atoms. The number of carbonyl (C=O) groups is 2. The molecule has 2 aromatic heterocycles. The third-order valence-corrected chi connectivity index (χ3v) is 10.6. The number of hydrogen-bond acceptors (Lipinski definition) is 9. The number of para-hydroxylation sites is 1. The highest BCUT2D eigenvalue weighted by atomic mass is 16.7. The molecule has 2 aliphatic heterocycles. The first-order chi connectivity index (χ1) is 25.4. The van der Waals surface area contributed by atoms with Crippen LogP contribution in [0.2, 0.25) is 0 Å². The number of carbonyl (C=O) groups excluding carboxylic acids is 2. The molecule has 52 heavy (non-hydrogen) atoms. The molecular formula is C41H35N3O8. The first-order valence-electron chi connectivity index (χ1n) is 17.1. The molecule has 3 aliphatic rings. The minimum atomic E-state index is -0.645. The van der Waals surface area contributed by atoms with Gasteiger partial charge >= 0.3 is 5.97 Å². The number of aryl methyl sites for hydroxylation is 1. The largest absolute Gasteiger partial charge is 0.493 e. The molecule has 4 aromatic carbocycles. The summed E-state index contributed by atoms with van der Waals surface area (Å²) in [5.74, 6) is 0.197. The summed E-state index contributed by atoms with van der Waals surface area (Å²) in [6, 6.07) is 24.8. The van der Waals surface area contributed by atoms with E-state index in [2.05, 4.69) is 10.3 Å². The first kappa shape index (κ1) is 31.7. The molecule has 0 unspecified atom stereocenters. The van der Waals surface area contributed by atoms with Crippen LogP contribution in [0.25, 0.3) is 33.1 Å². The Hall–Kier alpha value is -6.23. The van der Waals surface area contributed by atoms with Crippen molar-refractivity contribution in [1.82, 2.24) is 15.3 Å². The minimum absolute atomic E-state index is 0.0648. The van der Waals surface area contributed by atoms with Crippen LogP contribution in [0.1, 0.15) is 44.7 Å². The van der Waals surface area contributed by atoms with E-state index in [0.29, 0.717) is 34.4 Å². The van der Waals surface area contributed by atoms with Gasteiger partial charge in [0.2, 0.25) is 12.5 Å². The predicted molar refractivity (Wildman–Crippen MR) is 192 cm³/mol. The van der Waals surface area contributed by atoms with Crippen molar-refractivity contribution in [3.8, 4) is 40.0 Å². The van der Waals surface area contributed by atoms with Crippen LogP contribution < -0.4 is 29.0 Å². The van der Waals surface area contributed by atoms with Crippen molar-refractivity contribution < 1.29 is 38.0 Å². The van der Waals surface area contributed by atoms with Gasteiger partial charge in [-0.25, -0.2) is 4.98 Å². The van der Waals surface area contributed by atoms with Gasteiger partial charge in [-0.1, -0.05) is 48.0 Å². The number of amides is 1. The number of ether oxygens (including phenoxy) is 6. The minimum Gasteiger partial charge on any atom is -0.493 e. The maximum absolute atomic E-state index is 14.5. The molecule has 4 heterocycles. The second-order valence-electron chi connectivity index (χ2n) is 13.4. The van der Waals surface area contributed by atoms with Crippen LogP contribution in [0.3, 0.4) is 0 Å². The lowest BCUT2D eigenvalue weighted by Crippen LogP contribution is -2.43. The molecular weight excluding hydrogens is 662 g/mol. The number of pyridine rings is 1. The monoisotopic (exact) mass is 697 g/mol. The van der Waals surface area contributed by atoms with Crippen LogP contribution in [0.15, 0.2) is 78.9 Å². The summed E-state index contributed by atoms with van der Waals surface area (Å²) in [4.78, 5) is 36.8. The zero-order valence-corrected chi connectivity index (χ0v) is 28.9. The standard InChI is InChI=1S/C41H35N3O8/c1-20-9-11-21(12-10-20)36-38-25(23-7-5-6-8-28(23)42-38)15-29(43-36)40(45)44-37-26-17-31-30(51-19-52-31)16-24(26)34(35-27(37)18-50-41(35)46)22-13-32(47-2)39(49-4)33(14-22)48-3/h5-17,27,34-35,37,42H,18-19H2,1-4H3,(H,44,45)/t27-,34+,35-,37+/m0/s1. The molecule has 262 valence electrons. The molecule has 9 rings (SSSR count). The number of aromatic amines is 1. The highest BCUT2D eigenvalue weighted by molar-refractivity contribution is 6.13. The average molecular weight is 698 g/mol. The Labute approximate surface area is 298 Å². The van der Waals surface area contributed by atoms with E-state index in [-0.39, 0.29) is 31.0 Å². The van der Waals surface area contributed by atoms with Gasteiger partial charge in [0.05, 0.1) is 51.1 Å². The van der Waals surface area contributed by atoms with E-state index in [0.717, 1.165) is 49.6 Å². The number of esters is 1. The van der Waals surface area contributed by atoms with Gasteiger partial charge in [0.25, 0.3) is 5.91 Å². The topological polar surface area (TPSA) is 130 Å². The van der Waals surface area contributed by atoms with Gasteiger partial charge in [-0.2, -0.15) is 0 Å². The molecule has 0 saturated carbocycles. The van der Waals surface area contributed by atoms with Crippen LogP contribution in [0.5, 0.6) is 28.7 Å². The van der Waals surface area contributed by atoms with Crippen molar-refractivity contribution in [1.29, 1.82) is 0 Å². The lowest BCUT2D eigenvalue weighted by Gasteiger charge is -2.39. The van der Waals surface area contributed by atoms with Crippen molar-refractivity contribution in [2.24, 2.45) is 11.8 Å². The first-order valence-corrected chi connectivity index (χ1v) is 17.1. The van der Waals surface area contributed by atoms with E-state index in [4.69, 9.17) is 33.4 Å². The van der Waals surface area contributed by atoms with Gasteiger partial charge < -0.3 is 38.7 Å². The van der Waals surface area contributed by atoms with Gasteiger partial charge in [0.1, 0.15) is 5.69 Å². The van der Waals surface area contributed by atoms with Crippen molar-refractivity contribution >= 4 is 33.7 Å². The normalized spacial score (nSPS) is 20.0. The lowest BCUT2D eigenvalue weighted by atomic mass is 9.65. The highest BCUT2D eigenvalue weighted by Crippen LogP contribution is 2.55. The molecule has 11 heteroatoms. The Kier molecular flexibility index (Phi) is 7.46. The fourth-order valence-electron chi connectivity index (χ4n) is 8.13. The zero-order chi connectivity index (χ0) is 35.7. The molecule has 1 fully saturated rings. The van der Waals surface area contributed by atoms with Crippen LogP contribution in [0, 0.1) is 18.8 Å². The fraction of sp³-hybridized carbons (Fsp3) is 0.244. The summed E-state index contributed by atoms with van der Waals surface area (Å²) in [5.41, 5.74) is 7.08. The number of rotatable bonds is 7. The molecule has 6 aromatic rings. The Balaban J connectivity index is 1.19. The van der Waals surface area contributed by atoms with Crippen LogP contribution in [0.4, 0.5) is 0 Å². The van der Waals surface area contributed by atoms with Gasteiger partial charge in [0.15, 0.2) is 23.0 Å². The van der Waals surface area contributed by atoms with Crippen LogP contribution in [-0.2, 0) is 9.53 Å². The molecule has 4 atom stereocenters. The second kappa shape index (κ2) is 12.2. The third-order valence-electron chi connectivity index (χ3n) is 10.6. The number of benzene rings is 4. The van der Waals surface area contributed by atoms with E-state index in [1.54, 1.807) is 21.3 Å². The van der Waals surface area contributed by atoms with E-state index < -0.39 is 23.8 Å². The van der Waals surface area contributed by atoms with Crippen LogP contribution >= 0.6 is 0 Å². The molecule has 2 N–H and O–H groups in total. The van der Waals surface area contributed by atoms with Crippen molar-refractivity contribution in [2.75, 3.05) is 34.7 Å². The molecule has 0 bridgehead atoms. The average Bonchev–Trinajstić information content (AvgIpc) is 3.90. The summed E-state index contributed by atoms with van der Waals surface area (Å²) in [7, 11) is 4.65. The van der Waals surface area contributed by atoms with Gasteiger partial charge in [0, 0.05) is 33.7 Å². The number of hydrogen-bond donors (Lipinski definition) is 2. The van der Waals surface area contributed by atoms with Gasteiger partial charge in [-0.05, 0) is 60.0 Å². The lowest BCUT2D eigenvalue weighted by molar-refractivity contribution is -0.141. The quantitative estimate of drug-likeness (QED) is 0.172. The summed E-state index contributed by atoms with van der Waals surface area (Å²) in [5, 5.41) is 5.17. The Morgan fingerprint density at radius 2 is 1.56 bits per heavy atom. The van der Waals surface area contributed by atoms with E-state index >= 15 is 0 Å². The molecule has 11 nitrogen and oxygen atoms in total. The number of H-pyrrole nitrogens is 1. The SMILES string of the molecule is COc1cc([C@@H]2c3cc4c(cc3[C@@H](NC(=O)c3cc5c([nH]c6ccccc65)c(-c5ccc(C)cc5)n3)[C@H]3COC(=O)[C@H]23)OCO4)cc(OC)c1OC. The number of nitrogens with zero attached hydrogens (tertiary/aromatic N) is 1. The highest BCUT2D eigenvalue weighted by Gasteiger charge is 2.53. The smallest absolute Gasteiger partial charge is 0.310 e. The number of aromatic nitrogens is 2. The molecule has 1 amide bonds. The molecule has 0 radical (unpaired) electrons. The van der Waals surface area contributed by atoms with E-state index in [1.807, 2.05) is 85.8 Å². The van der Waals surface area contributed by atoms with Crippen molar-refractivity contribution in [3.63, 3.8) is 0 Å². The fourth-order valence-corrected chi connectivity index (χ4v) is 8.13. The maximum Gasteiger partial charge on any atom is 0.310 e. The maximum atomic E-state index is 14.5. The third kappa shape index (κ3) is 4.90. The predicted octanol–water partition coefficient (Wildman–Crippen LogP) is 6.85. The van der Waals surface area contributed by atoms with E-state index in [9.17, 15) is 9.59 Å². The summed E-state index contributed by atoms with van der Waals surface area (Å²) in [6.07, 6.45) is 0. The summed E-state index contributed by atoms with van der Waals surface area (Å²) >= 11 is 0. The Morgan fingerprint density at radius 3 is 2.27 bits per heavy atom. The number of fused-ring (bicyclic) bond motifs is 6.